The monoisotopic (exact) mass is 315 g/mol. The summed E-state index contributed by atoms with van der Waals surface area (Å²) < 4.78 is 0. The molecule has 2 aliphatic heterocycles. The minimum absolute atomic E-state index is 0.194. The quantitative estimate of drug-likeness (QED) is 0.846. The van der Waals surface area contributed by atoms with Gasteiger partial charge < -0.3 is 15.5 Å². The molecule has 0 spiro atoms. The van der Waals surface area contributed by atoms with Crippen molar-refractivity contribution in [2.24, 2.45) is 0 Å². The molecule has 22 heavy (non-hydrogen) atoms. The molecular formula is C15H14ClN5O. The van der Waals surface area contributed by atoms with Gasteiger partial charge in [-0.25, -0.2) is 0 Å². The molecule has 0 unspecified atom stereocenters. The van der Waals surface area contributed by atoms with Crippen LogP contribution in [0.25, 0.3) is 0 Å². The zero-order valence-corrected chi connectivity index (χ0v) is 12.5. The molecule has 0 atom stereocenters. The number of halogens is 1. The van der Waals surface area contributed by atoms with Gasteiger partial charge in [0.2, 0.25) is 0 Å². The number of rotatable bonds is 1. The van der Waals surface area contributed by atoms with Crippen LogP contribution in [0.3, 0.4) is 0 Å². The van der Waals surface area contributed by atoms with Crippen molar-refractivity contribution < 1.29 is 4.79 Å². The molecule has 2 aromatic rings. The van der Waals surface area contributed by atoms with E-state index in [2.05, 4.69) is 25.7 Å². The summed E-state index contributed by atoms with van der Waals surface area (Å²) in [5.74, 6) is 0.172. The van der Waals surface area contributed by atoms with Crippen LogP contribution in [-0.4, -0.2) is 29.2 Å². The Morgan fingerprint density at radius 3 is 2.68 bits per heavy atom. The Balaban J connectivity index is 1.76. The topological polar surface area (TPSA) is 70.2 Å². The smallest absolute Gasteiger partial charge is 0.259 e. The Bertz CT molecular complexity index is 758. The number of benzene rings is 1. The SMILES string of the molecule is O=C1Nc2ccc(N3CCCC3)cc2Nc2nnc(Cl)cc21. The molecule has 0 aliphatic carbocycles. The Morgan fingerprint density at radius 1 is 1.05 bits per heavy atom. The fourth-order valence-electron chi connectivity index (χ4n) is 2.87. The minimum atomic E-state index is -0.244. The van der Waals surface area contributed by atoms with E-state index in [-0.39, 0.29) is 11.1 Å². The van der Waals surface area contributed by atoms with Gasteiger partial charge in [-0.05, 0) is 37.1 Å². The van der Waals surface area contributed by atoms with Gasteiger partial charge in [-0.15, -0.1) is 10.2 Å². The molecule has 112 valence electrons. The molecule has 1 fully saturated rings. The summed E-state index contributed by atoms with van der Waals surface area (Å²) in [4.78, 5) is 14.6. The van der Waals surface area contributed by atoms with Crippen LogP contribution < -0.4 is 15.5 Å². The number of amides is 1. The van der Waals surface area contributed by atoms with Gasteiger partial charge in [-0.3, -0.25) is 4.79 Å². The molecule has 1 saturated heterocycles. The molecule has 6 nitrogen and oxygen atoms in total. The van der Waals surface area contributed by atoms with Crippen LogP contribution in [0.15, 0.2) is 24.3 Å². The number of aromatic nitrogens is 2. The average Bonchev–Trinajstić information content (AvgIpc) is 3.00. The van der Waals surface area contributed by atoms with Crippen LogP contribution in [0.1, 0.15) is 23.2 Å². The molecule has 1 amide bonds. The molecule has 0 saturated carbocycles. The van der Waals surface area contributed by atoms with Gasteiger partial charge in [-0.2, -0.15) is 0 Å². The van der Waals surface area contributed by atoms with Crippen LogP contribution >= 0.6 is 11.6 Å². The Morgan fingerprint density at radius 2 is 1.86 bits per heavy atom. The molecule has 1 aromatic heterocycles. The number of nitrogens with one attached hydrogen (secondary N) is 2. The second kappa shape index (κ2) is 5.14. The predicted octanol–water partition coefficient (Wildman–Crippen LogP) is 3.04. The molecule has 7 heteroatoms. The van der Waals surface area contributed by atoms with E-state index in [9.17, 15) is 4.79 Å². The zero-order valence-electron chi connectivity index (χ0n) is 11.8. The van der Waals surface area contributed by atoms with Gasteiger partial charge in [0.15, 0.2) is 11.0 Å². The van der Waals surface area contributed by atoms with Crippen molar-refractivity contribution >= 4 is 40.4 Å². The fraction of sp³-hybridized carbons (Fsp3) is 0.267. The van der Waals surface area contributed by atoms with E-state index in [1.807, 2.05) is 18.2 Å². The van der Waals surface area contributed by atoms with Crippen molar-refractivity contribution in [1.29, 1.82) is 0 Å². The summed E-state index contributed by atoms with van der Waals surface area (Å²) in [6.45, 7) is 2.13. The van der Waals surface area contributed by atoms with Crippen LogP contribution in [-0.2, 0) is 0 Å². The average molecular weight is 316 g/mol. The maximum absolute atomic E-state index is 12.3. The van der Waals surface area contributed by atoms with Crippen molar-refractivity contribution in [1.82, 2.24) is 10.2 Å². The second-order valence-corrected chi connectivity index (χ2v) is 5.82. The molecule has 1 aromatic carbocycles. The molecule has 3 heterocycles. The minimum Gasteiger partial charge on any atom is -0.371 e. The van der Waals surface area contributed by atoms with Gasteiger partial charge in [0.25, 0.3) is 5.91 Å². The highest BCUT2D eigenvalue weighted by atomic mass is 35.5. The van der Waals surface area contributed by atoms with Crippen molar-refractivity contribution in [2.75, 3.05) is 28.6 Å². The lowest BCUT2D eigenvalue weighted by Gasteiger charge is -2.19. The standard InChI is InChI=1S/C15H14ClN5O/c16-13-8-10-14(20-19-13)17-12-7-9(21-5-1-2-6-21)3-4-11(12)18-15(10)22/h3-4,7-8H,1-2,5-6H2,(H,17,20)(H,18,22). The third-order valence-electron chi connectivity index (χ3n) is 3.98. The van der Waals surface area contributed by atoms with Crippen LogP contribution in [0.5, 0.6) is 0 Å². The molecule has 0 radical (unpaired) electrons. The van der Waals surface area contributed by atoms with E-state index in [0.29, 0.717) is 11.4 Å². The van der Waals surface area contributed by atoms with E-state index < -0.39 is 0 Å². The first-order chi connectivity index (χ1) is 10.7. The second-order valence-electron chi connectivity index (χ2n) is 5.43. The van der Waals surface area contributed by atoms with Gasteiger partial charge >= 0.3 is 0 Å². The Labute approximate surface area is 132 Å². The van der Waals surface area contributed by atoms with Crippen molar-refractivity contribution in [2.45, 2.75) is 12.8 Å². The molecule has 2 N–H and O–H groups in total. The van der Waals surface area contributed by atoms with Crippen molar-refractivity contribution in [3.63, 3.8) is 0 Å². The first-order valence-electron chi connectivity index (χ1n) is 7.21. The number of anilines is 4. The Hall–Kier alpha value is -2.34. The summed E-state index contributed by atoms with van der Waals surface area (Å²) in [6.07, 6.45) is 2.43. The number of carbonyl (C=O) groups excluding carboxylic acids is 1. The Kier molecular flexibility index (Phi) is 3.11. The number of carbonyl (C=O) groups is 1. The highest BCUT2D eigenvalue weighted by Gasteiger charge is 2.22. The van der Waals surface area contributed by atoms with Crippen molar-refractivity contribution in [3.8, 4) is 0 Å². The number of nitrogens with zero attached hydrogens (tertiary/aromatic N) is 3. The largest absolute Gasteiger partial charge is 0.371 e. The summed E-state index contributed by atoms with van der Waals surface area (Å²) in [5, 5.41) is 14.0. The normalized spacial score (nSPS) is 16.4. The van der Waals surface area contributed by atoms with E-state index in [1.165, 1.54) is 18.9 Å². The van der Waals surface area contributed by atoms with Crippen LogP contribution in [0.2, 0.25) is 5.15 Å². The van der Waals surface area contributed by atoms with Gasteiger partial charge in [0, 0.05) is 18.8 Å². The lowest BCUT2D eigenvalue weighted by molar-refractivity contribution is 0.102. The van der Waals surface area contributed by atoms with Crippen LogP contribution in [0, 0.1) is 0 Å². The van der Waals surface area contributed by atoms with Crippen LogP contribution in [0.4, 0.5) is 22.9 Å². The highest BCUT2D eigenvalue weighted by Crippen LogP contribution is 2.35. The maximum atomic E-state index is 12.3. The third kappa shape index (κ3) is 2.25. The molecule has 0 bridgehead atoms. The number of hydrogen-bond donors (Lipinski definition) is 2. The lowest BCUT2D eigenvalue weighted by atomic mass is 10.2. The highest BCUT2D eigenvalue weighted by molar-refractivity contribution is 6.30. The maximum Gasteiger partial charge on any atom is 0.259 e. The lowest BCUT2D eigenvalue weighted by Crippen LogP contribution is -2.17. The number of fused-ring (bicyclic) bond motifs is 2. The summed E-state index contributed by atoms with van der Waals surface area (Å²) in [5.41, 5.74) is 3.07. The van der Waals surface area contributed by atoms with Crippen molar-refractivity contribution in [3.05, 3.63) is 35.0 Å². The van der Waals surface area contributed by atoms with Gasteiger partial charge in [0.05, 0.1) is 16.9 Å². The third-order valence-corrected chi connectivity index (χ3v) is 4.17. The van der Waals surface area contributed by atoms with E-state index in [0.717, 1.165) is 30.2 Å². The zero-order chi connectivity index (χ0) is 15.1. The molecular weight excluding hydrogens is 302 g/mol. The molecule has 4 rings (SSSR count). The first kappa shape index (κ1) is 13.3. The first-order valence-corrected chi connectivity index (χ1v) is 7.59. The molecule has 2 aliphatic rings. The van der Waals surface area contributed by atoms with Gasteiger partial charge in [-0.1, -0.05) is 11.6 Å². The van der Waals surface area contributed by atoms with E-state index in [1.54, 1.807) is 0 Å². The summed E-state index contributed by atoms with van der Waals surface area (Å²) in [7, 11) is 0. The van der Waals surface area contributed by atoms with E-state index in [4.69, 9.17) is 11.6 Å². The number of hydrogen-bond acceptors (Lipinski definition) is 5. The summed E-state index contributed by atoms with van der Waals surface area (Å²) >= 11 is 5.83. The fourth-order valence-corrected chi connectivity index (χ4v) is 3.01. The van der Waals surface area contributed by atoms with E-state index >= 15 is 0 Å². The predicted molar refractivity (Wildman–Crippen MR) is 86.2 cm³/mol. The summed E-state index contributed by atoms with van der Waals surface area (Å²) in [6, 6.07) is 7.49. The van der Waals surface area contributed by atoms with Gasteiger partial charge in [0.1, 0.15) is 0 Å².